The van der Waals surface area contributed by atoms with Crippen molar-refractivity contribution in [2.24, 2.45) is 9.98 Å². The zero-order chi connectivity index (χ0) is 30.3. The Morgan fingerprint density at radius 1 is 0.930 bits per heavy atom. The van der Waals surface area contributed by atoms with Gasteiger partial charge in [-0.3, -0.25) is 19.4 Å². The number of carbonyl (C=O) groups is 3. The maximum atomic E-state index is 13.6. The van der Waals surface area contributed by atoms with Crippen molar-refractivity contribution < 1.29 is 28.6 Å². The molecule has 11 nitrogen and oxygen atoms in total. The molecule has 5 rings (SSSR count). The summed E-state index contributed by atoms with van der Waals surface area (Å²) < 4.78 is 15.9. The molecule has 222 valence electrons. The minimum Gasteiger partial charge on any atom is -0.497 e. The van der Waals surface area contributed by atoms with Crippen LogP contribution in [0.15, 0.2) is 76.7 Å². The number of ether oxygens (including phenoxy) is 3. The summed E-state index contributed by atoms with van der Waals surface area (Å²) in [6, 6.07) is 19.2. The van der Waals surface area contributed by atoms with E-state index >= 15 is 0 Å². The number of nitrogens with zero attached hydrogens (tertiary/aromatic N) is 3. The molecule has 3 aromatic rings. The van der Waals surface area contributed by atoms with Gasteiger partial charge in [0.15, 0.2) is 5.17 Å². The number of hydrogen-bond acceptors (Lipinski definition) is 9. The average Bonchev–Trinajstić information content (AvgIpc) is 3.37. The molecule has 2 aliphatic rings. The Balaban J connectivity index is 1.24. The van der Waals surface area contributed by atoms with Crippen LogP contribution in [0.5, 0.6) is 17.2 Å². The summed E-state index contributed by atoms with van der Waals surface area (Å²) in [5.74, 6) is 1.40. The number of nitrogens with one attached hydrogen (secondary N) is 2. The second-order valence-corrected chi connectivity index (χ2v) is 10.5. The molecule has 0 aliphatic carbocycles. The van der Waals surface area contributed by atoms with Gasteiger partial charge >= 0.3 is 0 Å². The Kier molecular flexibility index (Phi) is 9.26. The van der Waals surface area contributed by atoms with E-state index in [1.54, 1.807) is 25.3 Å². The van der Waals surface area contributed by atoms with Gasteiger partial charge in [-0.2, -0.15) is 0 Å². The quantitative estimate of drug-likeness (QED) is 0.338. The molecule has 0 spiro atoms. The molecule has 0 saturated heterocycles. The predicted octanol–water partition coefficient (Wildman–Crippen LogP) is 4.14. The minimum atomic E-state index is -0.751. The molecule has 0 bridgehead atoms. The van der Waals surface area contributed by atoms with Gasteiger partial charge in [-0.25, -0.2) is 9.89 Å². The van der Waals surface area contributed by atoms with Crippen molar-refractivity contribution in [3.05, 3.63) is 77.9 Å². The largest absolute Gasteiger partial charge is 0.497 e. The lowest BCUT2D eigenvalue weighted by Gasteiger charge is -2.25. The van der Waals surface area contributed by atoms with Crippen molar-refractivity contribution in [1.29, 1.82) is 0 Å². The first-order chi connectivity index (χ1) is 20.9. The van der Waals surface area contributed by atoms with Crippen LogP contribution in [0.3, 0.4) is 0 Å². The van der Waals surface area contributed by atoms with Crippen molar-refractivity contribution in [3.63, 3.8) is 0 Å². The first-order valence-electron chi connectivity index (χ1n) is 13.5. The smallest absolute Gasteiger partial charge is 0.259 e. The van der Waals surface area contributed by atoms with Crippen molar-refractivity contribution in [2.45, 2.75) is 25.4 Å². The standard InChI is InChI=1S/C31H31N5O6S/c1-40-20-12-14-26(42-3)24(16-20)33-28(38)18-43-31-35-22-10-6-5-9-21(22)29-34-23(30(39)36(29)31)13-15-27(37)32-17-19-8-4-7-11-25(19)41-2/h4-12,14,16,23H,13,15,17-18H2,1-3H3,(H,32,37)(H,33,38)/t23-/m1/s1. The molecule has 0 fully saturated rings. The van der Waals surface area contributed by atoms with Gasteiger partial charge in [0.25, 0.3) is 5.91 Å². The van der Waals surface area contributed by atoms with Crippen LogP contribution in [0.25, 0.3) is 0 Å². The van der Waals surface area contributed by atoms with Gasteiger partial charge in [0, 0.05) is 30.2 Å². The fraction of sp³-hybridized carbons (Fsp3) is 0.258. The number of benzene rings is 3. The summed E-state index contributed by atoms with van der Waals surface area (Å²) in [5.41, 5.74) is 2.69. The fourth-order valence-corrected chi connectivity index (χ4v) is 5.51. The summed E-state index contributed by atoms with van der Waals surface area (Å²) in [6.45, 7) is 0.312. The molecule has 3 aromatic carbocycles. The van der Waals surface area contributed by atoms with Gasteiger partial charge in [-0.15, -0.1) is 0 Å². The molecule has 43 heavy (non-hydrogen) atoms. The summed E-state index contributed by atoms with van der Waals surface area (Å²) in [6.07, 6.45) is 0.342. The second-order valence-electron chi connectivity index (χ2n) is 9.58. The van der Waals surface area contributed by atoms with E-state index < -0.39 is 6.04 Å². The van der Waals surface area contributed by atoms with Crippen molar-refractivity contribution >= 4 is 51.9 Å². The average molecular weight is 602 g/mol. The molecule has 1 atom stereocenters. The number of hydrogen-bond donors (Lipinski definition) is 2. The Labute approximate surface area is 253 Å². The van der Waals surface area contributed by atoms with Gasteiger partial charge in [0.2, 0.25) is 11.8 Å². The molecule has 3 amide bonds. The third kappa shape index (κ3) is 6.64. The van der Waals surface area contributed by atoms with Crippen LogP contribution in [-0.2, 0) is 20.9 Å². The van der Waals surface area contributed by atoms with Crippen molar-refractivity contribution in [1.82, 2.24) is 10.2 Å². The summed E-state index contributed by atoms with van der Waals surface area (Å²) >= 11 is 1.13. The Hall–Kier alpha value is -4.84. The van der Waals surface area contributed by atoms with Gasteiger partial charge < -0.3 is 24.8 Å². The van der Waals surface area contributed by atoms with Crippen LogP contribution in [0.2, 0.25) is 0 Å². The van der Waals surface area contributed by atoms with E-state index in [2.05, 4.69) is 15.6 Å². The van der Waals surface area contributed by atoms with Gasteiger partial charge in [0.05, 0.1) is 38.5 Å². The Morgan fingerprint density at radius 2 is 1.70 bits per heavy atom. The number of anilines is 1. The first-order valence-corrected chi connectivity index (χ1v) is 14.5. The number of amidine groups is 2. The van der Waals surface area contributed by atoms with Crippen LogP contribution in [0.4, 0.5) is 11.4 Å². The third-order valence-corrected chi connectivity index (χ3v) is 7.81. The number of amides is 3. The Bertz CT molecular complexity index is 1610. The monoisotopic (exact) mass is 601 g/mol. The van der Waals surface area contributed by atoms with Crippen LogP contribution in [0, 0.1) is 0 Å². The highest BCUT2D eigenvalue weighted by atomic mass is 32.2. The molecule has 2 heterocycles. The second kappa shape index (κ2) is 13.4. The molecule has 2 N–H and O–H groups in total. The first kappa shape index (κ1) is 29.6. The number of para-hydroxylation sites is 2. The van der Waals surface area contributed by atoms with E-state index in [1.807, 2.05) is 48.5 Å². The molecule has 0 radical (unpaired) electrons. The molecule has 0 aromatic heterocycles. The lowest BCUT2D eigenvalue weighted by Crippen LogP contribution is -2.41. The highest BCUT2D eigenvalue weighted by molar-refractivity contribution is 8.14. The lowest BCUT2D eigenvalue weighted by atomic mass is 10.1. The van der Waals surface area contributed by atoms with Crippen LogP contribution < -0.4 is 24.8 Å². The minimum absolute atomic E-state index is 0.0194. The van der Waals surface area contributed by atoms with Gasteiger partial charge in [-0.1, -0.05) is 42.1 Å². The normalized spacial score (nSPS) is 15.1. The van der Waals surface area contributed by atoms with Gasteiger partial charge in [0.1, 0.15) is 29.1 Å². The maximum Gasteiger partial charge on any atom is 0.259 e. The van der Waals surface area contributed by atoms with Gasteiger partial charge in [-0.05, 0) is 36.8 Å². The Morgan fingerprint density at radius 3 is 2.49 bits per heavy atom. The van der Waals surface area contributed by atoms with Crippen molar-refractivity contribution in [2.75, 3.05) is 32.4 Å². The molecular weight excluding hydrogens is 570 g/mol. The molecule has 0 unspecified atom stereocenters. The van der Waals surface area contributed by atoms with E-state index in [0.717, 1.165) is 17.3 Å². The highest BCUT2D eigenvalue weighted by Gasteiger charge is 2.41. The van der Waals surface area contributed by atoms with E-state index in [0.29, 0.717) is 51.7 Å². The molecular formula is C31H31N5O6S. The zero-order valence-corrected chi connectivity index (χ0v) is 24.8. The maximum absolute atomic E-state index is 13.6. The fourth-order valence-electron chi connectivity index (χ4n) is 4.71. The molecule has 12 heteroatoms. The molecule has 0 saturated carbocycles. The van der Waals surface area contributed by atoms with E-state index in [1.165, 1.54) is 19.1 Å². The summed E-state index contributed by atoms with van der Waals surface area (Å²) in [4.78, 5) is 50.0. The highest BCUT2D eigenvalue weighted by Crippen LogP contribution is 2.35. The summed E-state index contributed by atoms with van der Waals surface area (Å²) in [5, 5.41) is 6.06. The van der Waals surface area contributed by atoms with Crippen LogP contribution in [0.1, 0.15) is 24.0 Å². The zero-order valence-electron chi connectivity index (χ0n) is 24.0. The predicted molar refractivity (Wildman–Crippen MR) is 165 cm³/mol. The topological polar surface area (TPSA) is 131 Å². The van der Waals surface area contributed by atoms with E-state index in [4.69, 9.17) is 19.2 Å². The molecule has 2 aliphatic heterocycles. The number of methoxy groups -OCH3 is 3. The number of thioether (sulfide) groups is 1. The number of carbonyl (C=O) groups excluding carboxylic acids is 3. The van der Waals surface area contributed by atoms with Crippen LogP contribution >= 0.6 is 11.8 Å². The van der Waals surface area contributed by atoms with E-state index in [-0.39, 0.29) is 36.3 Å². The van der Waals surface area contributed by atoms with Crippen molar-refractivity contribution in [3.8, 4) is 17.2 Å². The lowest BCUT2D eigenvalue weighted by molar-refractivity contribution is -0.125. The SMILES string of the molecule is COc1ccc(OC)c(NC(=O)CSC2=Nc3ccccc3C3=N[C@H](CCC(=O)NCc4ccccc4OC)C(=O)N23)c1. The third-order valence-electron chi connectivity index (χ3n) is 6.87. The van der Waals surface area contributed by atoms with E-state index in [9.17, 15) is 14.4 Å². The number of rotatable bonds is 11. The number of aliphatic imine (C=N–C) groups is 2. The number of fused-ring (bicyclic) bond motifs is 3. The van der Waals surface area contributed by atoms with Crippen LogP contribution in [-0.4, -0.2) is 66.7 Å². The summed E-state index contributed by atoms with van der Waals surface area (Å²) in [7, 11) is 4.63.